The standard InChI is InChI=1S/C14H18FNO2/c1-2-8-17-9-10-18-13-6-5-12(4-3-7-16)14(15)11-13/h5-6,11H,2,7-10,16H2,1H3. The number of ether oxygens (including phenoxy) is 2. The molecule has 0 aliphatic rings. The molecular weight excluding hydrogens is 233 g/mol. The summed E-state index contributed by atoms with van der Waals surface area (Å²) in [4.78, 5) is 0. The highest BCUT2D eigenvalue weighted by atomic mass is 19.1. The molecule has 0 radical (unpaired) electrons. The normalized spacial score (nSPS) is 9.72. The molecule has 0 aromatic heterocycles. The fraction of sp³-hybridized carbons (Fsp3) is 0.429. The highest BCUT2D eigenvalue weighted by molar-refractivity contribution is 5.39. The first kappa shape index (κ1) is 14.5. The summed E-state index contributed by atoms with van der Waals surface area (Å²) < 4.78 is 24.2. The van der Waals surface area contributed by atoms with E-state index in [2.05, 4.69) is 11.8 Å². The number of hydrogen-bond donors (Lipinski definition) is 1. The Balaban J connectivity index is 2.46. The summed E-state index contributed by atoms with van der Waals surface area (Å²) in [5.74, 6) is 5.34. The van der Waals surface area contributed by atoms with Gasteiger partial charge in [0.25, 0.3) is 0 Å². The van der Waals surface area contributed by atoms with Crippen LogP contribution >= 0.6 is 0 Å². The van der Waals surface area contributed by atoms with Gasteiger partial charge in [-0.25, -0.2) is 4.39 Å². The number of halogens is 1. The largest absolute Gasteiger partial charge is 0.491 e. The summed E-state index contributed by atoms with van der Waals surface area (Å²) in [6, 6.07) is 4.59. The monoisotopic (exact) mass is 251 g/mol. The minimum absolute atomic E-state index is 0.215. The molecule has 0 aliphatic heterocycles. The van der Waals surface area contributed by atoms with E-state index in [-0.39, 0.29) is 6.54 Å². The summed E-state index contributed by atoms with van der Waals surface area (Å²) in [6.45, 7) is 3.88. The van der Waals surface area contributed by atoms with E-state index in [4.69, 9.17) is 15.2 Å². The highest BCUT2D eigenvalue weighted by Gasteiger charge is 2.02. The minimum atomic E-state index is -0.400. The first-order valence-electron chi connectivity index (χ1n) is 5.97. The van der Waals surface area contributed by atoms with Gasteiger partial charge >= 0.3 is 0 Å². The first-order valence-corrected chi connectivity index (χ1v) is 5.97. The molecule has 2 N–H and O–H groups in total. The van der Waals surface area contributed by atoms with Crippen LogP contribution < -0.4 is 10.5 Å². The van der Waals surface area contributed by atoms with Crippen molar-refractivity contribution in [2.24, 2.45) is 5.73 Å². The van der Waals surface area contributed by atoms with Crippen LogP contribution in [0.2, 0.25) is 0 Å². The van der Waals surface area contributed by atoms with Gasteiger partial charge in [0, 0.05) is 12.7 Å². The lowest BCUT2D eigenvalue weighted by atomic mass is 10.2. The summed E-state index contributed by atoms with van der Waals surface area (Å²) in [5.41, 5.74) is 5.56. The van der Waals surface area contributed by atoms with Crippen LogP contribution in [-0.2, 0) is 4.74 Å². The number of rotatable bonds is 6. The lowest BCUT2D eigenvalue weighted by Gasteiger charge is -2.07. The van der Waals surface area contributed by atoms with Gasteiger partial charge in [0.15, 0.2) is 0 Å². The predicted molar refractivity (Wildman–Crippen MR) is 68.9 cm³/mol. The van der Waals surface area contributed by atoms with Gasteiger partial charge in [-0.15, -0.1) is 0 Å². The van der Waals surface area contributed by atoms with Crippen LogP contribution in [0.5, 0.6) is 5.75 Å². The van der Waals surface area contributed by atoms with Crippen LogP contribution in [0.1, 0.15) is 18.9 Å². The van der Waals surface area contributed by atoms with Gasteiger partial charge in [-0.1, -0.05) is 18.8 Å². The van der Waals surface area contributed by atoms with E-state index < -0.39 is 5.82 Å². The zero-order chi connectivity index (χ0) is 13.2. The van der Waals surface area contributed by atoms with Gasteiger partial charge in [0.05, 0.1) is 18.7 Å². The fourth-order valence-electron chi connectivity index (χ4n) is 1.30. The molecular formula is C14H18FNO2. The van der Waals surface area contributed by atoms with E-state index in [0.717, 1.165) is 6.42 Å². The predicted octanol–water partition coefficient (Wildman–Crippen LogP) is 1.94. The van der Waals surface area contributed by atoms with Gasteiger partial charge < -0.3 is 15.2 Å². The molecule has 0 spiro atoms. The summed E-state index contributed by atoms with van der Waals surface area (Å²) >= 11 is 0. The second kappa shape index (κ2) is 8.51. The zero-order valence-corrected chi connectivity index (χ0v) is 10.5. The van der Waals surface area contributed by atoms with Crippen molar-refractivity contribution in [1.29, 1.82) is 0 Å². The molecule has 98 valence electrons. The van der Waals surface area contributed by atoms with Crippen LogP contribution in [-0.4, -0.2) is 26.4 Å². The third-order valence-electron chi connectivity index (χ3n) is 2.11. The smallest absolute Gasteiger partial charge is 0.142 e. The van der Waals surface area contributed by atoms with Gasteiger partial charge in [-0.05, 0) is 18.6 Å². The van der Waals surface area contributed by atoms with Crippen LogP contribution in [0.4, 0.5) is 4.39 Å². The minimum Gasteiger partial charge on any atom is -0.491 e. The maximum Gasteiger partial charge on any atom is 0.142 e. The Morgan fingerprint density at radius 3 is 2.78 bits per heavy atom. The van der Waals surface area contributed by atoms with E-state index in [1.54, 1.807) is 12.1 Å². The molecule has 0 aliphatic carbocycles. The molecule has 1 aromatic rings. The van der Waals surface area contributed by atoms with Crippen LogP contribution in [0.15, 0.2) is 18.2 Å². The lowest BCUT2D eigenvalue weighted by molar-refractivity contribution is 0.100. The summed E-state index contributed by atoms with van der Waals surface area (Å²) in [7, 11) is 0. The Morgan fingerprint density at radius 2 is 2.11 bits per heavy atom. The molecule has 0 amide bonds. The van der Waals surface area contributed by atoms with Crippen molar-refractivity contribution in [3.05, 3.63) is 29.6 Å². The summed E-state index contributed by atoms with van der Waals surface area (Å²) in [5, 5.41) is 0. The number of benzene rings is 1. The fourth-order valence-corrected chi connectivity index (χ4v) is 1.30. The maximum absolute atomic E-state index is 13.5. The molecule has 1 rings (SSSR count). The van der Waals surface area contributed by atoms with Crippen LogP contribution in [0, 0.1) is 17.7 Å². The molecule has 18 heavy (non-hydrogen) atoms. The van der Waals surface area contributed by atoms with Crippen LogP contribution in [0.3, 0.4) is 0 Å². The third-order valence-corrected chi connectivity index (χ3v) is 2.11. The maximum atomic E-state index is 13.5. The topological polar surface area (TPSA) is 44.5 Å². The van der Waals surface area contributed by atoms with E-state index in [9.17, 15) is 4.39 Å². The molecule has 0 heterocycles. The van der Waals surface area contributed by atoms with E-state index in [1.807, 2.05) is 6.92 Å². The van der Waals surface area contributed by atoms with Crippen molar-refractivity contribution in [3.8, 4) is 17.6 Å². The molecule has 0 fully saturated rings. The quantitative estimate of drug-likeness (QED) is 0.620. The Kier molecular flexibility index (Phi) is 6.85. The van der Waals surface area contributed by atoms with Crippen molar-refractivity contribution in [2.75, 3.05) is 26.4 Å². The van der Waals surface area contributed by atoms with E-state index in [1.165, 1.54) is 6.07 Å². The molecule has 1 aromatic carbocycles. The van der Waals surface area contributed by atoms with Crippen molar-refractivity contribution < 1.29 is 13.9 Å². The van der Waals surface area contributed by atoms with Gasteiger partial charge in [0.2, 0.25) is 0 Å². The Morgan fingerprint density at radius 1 is 1.28 bits per heavy atom. The zero-order valence-electron chi connectivity index (χ0n) is 10.5. The van der Waals surface area contributed by atoms with Crippen molar-refractivity contribution in [3.63, 3.8) is 0 Å². The molecule has 0 bridgehead atoms. The number of hydrogen-bond acceptors (Lipinski definition) is 3. The second-order valence-corrected chi connectivity index (χ2v) is 3.61. The molecule has 0 unspecified atom stereocenters. The molecule has 0 atom stereocenters. The molecule has 4 heteroatoms. The summed E-state index contributed by atoms with van der Waals surface area (Å²) in [6.07, 6.45) is 0.975. The van der Waals surface area contributed by atoms with Gasteiger partial charge in [0.1, 0.15) is 18.2 Å². The molecule has 0 saturated heterocycles. The Hall–Kier alpha value is -1.57. The van der Waals surface area contributed by atoms with Crippen molar-refractivity contribution >= 4 is 0 Å². The van der Waals surface area contributed by atoms with Crippen molar-refractivity contribution in [2.45, 2.75) is 13.3 Å². The van der Waals surface area contributed by atoms with E-state index >= 15 is 0 Å². The lowest BCUT2D eigenvalue weighted by Crippen LogP contribution is -2.07. The average Bonchev–Trinajstić information content (AvgIpc) is 2.37. The highest BCUT2D eigenvalue weighted by Crippen LogP contribution is 2.15. The van der Waals surface area contributed by atoms with Gasteiger partial charge in [-0.2, -0.15) is 0 Å². The molecule has 3 nitrogen and oxygen atoms in total. The first-order chi connectivity index (χ1) is 8.77. The Labute approximate surface area is 107 Å². The second-order valence-electron chi connectivity index (χ2n) is 3.61. The van der Waals surface area contributed by atoms with Crippen molar-refractivity contribution in [1.82, 2.24) is 0 Å². The SMILES string of the molecule is CCCOCCOc1ccc(C#CCN)c(F)c1. The Bertz CT molecular complexity index is 424. The van der Waals surface area contributed by atoms with Gasteiger partial charge in [-0.3, -0.25) is 0 Å². The average molecular weight is 251 g/mol. The number of nitrogens with two attached hydrogens (primary N) is 1. The van der Waals surface area contributed by atoms with E-state index in [0.29, 0.717) is 31.1 Å². The third kappa shape index (κ3) is 5.17. The van der Waals surface area contributed by atoms with Crippen LogP contribution in [0.25, 0.3) is 0 Å². The molecule has 0 saturated carbocycles.